The van der Waals surface area contributed by atoms with Crippen molar-refractivity contribution < 1.29 is 22.7 Å². The van der Waals surface area contributed by atoms with Crippen molar-refractivity contribution in [3.63, 3.8) is 0 Å². The molecule has 0 saturated carbocycles. The second-order valence-electron chi connectivity index (χ2n) is 5.42. The van der Waals surface area contributed by atoms with Gasteiger partial charge in [-0.05, 0) is 48.2 Å². The molecule has 3 nitrogen and oxygen atoms in total. The number of ether oxygens (including phenoxy) is 1. The minimum Gasteiger partial charge on any atom is -0.406 e. The maximum Gasteiger partial charge on any atom is 0.573 e. The predicted molar refractivity (Wildman–Crippen MR) is 78.2 cm³/mol. The fourth-order valence-corrected chi connectivity index (χ4v) is 2.74. The smallest absolute Gasteiger partial charge is 0.406 e. The van der Waals surface area contributed by atoms with Gasteiger partial charge in [0, 0.05) is 11.6 Å². The number of fused-ring (bicyclic) bond motifs is 1. The van der Waals surface area contributed by atoms with Gasteiger partial charge in [0.25, 0.3) is 5.91 Å². The Morgan fingerprint density at radius 2 is 1.57 bits per heavy atom. The molecule has 0 radical (unpaired) electrons. The first kappa shape index (κ1) is 15.4. The van der Waals surface area contributed by atoms with Gasteiger partial charge in [-0.1, -0.05) is 24.3 Å². The summed E-state index contributed by atoms with van der Waals surface area (Å²) < 4.78 is 40.1. The number of amides is 1. The van der Waals surface area contributed by atoms with Crippen molar-refractivity contribution in [2.24, 2.45) is 0 Å². The molecule has 120 valence electrons. The normalized spacial score (nSPS) is 14.4. The fraction of sp³-hybridized carbons (Fsp3) is 0.235. The van der Waals surface area contributed by atoms with Crippen LogP contribution in [0.1, 0.15) is 21.5 Å². The third-order valence-electron chi connectivity index (χ3n) is 3.74. The number of halogens is 3. The number of nitrogens with one attached hydrogen (secondary N) is 1. The van der Waals surface area contributed by atoms with Gasteiger partial charge in [0.05, 0.1) is 0 Å². The van der Waals surface area contributed by atoms with E-state index < -0.39 is 6.36 Å². The summed E-state index contributed by atoms with van der Waals surface area (Å²) in [6, 6.07) is 12.9. The summed E-state index contributed by atoms with van der Waals surface area (Å²) in [5.41, 5.74) is 2.73. The third-order valence-corrected chi connectivity index (χ3v) is 3.74. The Labute approximate surface area is 131 Å². The van der Waals surface area contributed by atoms with E-state index >= 15 is 0 Å². The molecule has 0 fully saturated rings. The number of hydrogen-bond acceptors (Lipinski definition) is 2. The van der Waals surface area contributed by atoms with Gasteiger partial charge in [-0.2, -0.15) is 0 Å². The van der Waals surface area contributed by atoms with E-state index in [-0.39, 0.29) is 17.7 Å². The van der Waals surface area contributed by atoms with Crippen LogP contribution in [0, 0.1) is 0 Å². The van der Waals surface area contributed by atoms with Gasteiger partial charge in [0.1, 0.15) is 5.75 Å². The number of rotatable bonds is 3. The molecule has 1 aliphatic carbocycles. The second-order valence-corrected chi connectivity index (χ2v) is 5.42. The van der Waals surface area contributed by atoms with Crippen LogP contribution in [-0.2, 0) is 12.8 Å². The van der Waals surface area contributed by atoms with Crippen LogP contribution in [0.15, 0.2) is 48.5 Å². The Bertz CT molecular complexity index is 686. The first-order chi connectivity index (χ1) is 10.9. The standard InChI is InChI=1S/C17H14F3NO2/c18-17(19,20)23-15-7-5-11(6-8-15)16(22)21-14-9-12-3-1-2-4-13(12)10-14/h1-8,14H,9-10H2,(H,21,22). The highest BCUT2D eigenvalue weighted by Crippen LogP contribution is 2.24. The molecule has 0 heterocycles. The number of carbonyl (C=O) groups is 1. The molecule has 1 aliphatic rings. The summed E-state index contributed by atoms with van der Waals surface area (Å²) in [5.74, 6) is -0.649. The number of alkyl halides is 3. The molecule has 3 rings (SSSR count). The molecule has 0 spiro atoms. The van der Waals surface area contributed by atoms with Crippen molar-refractivity contribution in [1.29, 1.82) is 0 Å². The summed E-state index contributed by atoms with van der Waals surface area (Å²) in [7, 11) is 0. The molecule has 0 atom stereocenters. The lowest BCUT2D eigenvalue weighted by Gasteiger charge is -2.13. The quantitative estimate of drug-likeness (QED) is 0.940. The van der Waals surface area contributed by atoms with Crippen molar-refractivity contribution in [3.8, 4) is 5.75 Å². The fourth-order valence-electron chi connectivity index (χ4n) is 2.74. The zero-order valence-corrected chi connectivity index (χ0v) is 12.1. The Hall–Kier alpha value is -2.50. The summed E-state index contributed by atoms with van der Waals surface area (Å²) in [6.07, 6.45) is -3.21. The van der Waals surface area contributed by atoms with E-state index in [9.17, 15) is 18.0 Å². The summed E-state index contributed by atoms with van der Waals surface area (Å²) in [5, 5.41) is 2.91. The van der Waals surface area contributed by atoms with Crippen LogP contribution in [0.4, 0.5) is 13.2 Å². The van der Waals surface area contributed by atoms with Crippen LogP contribution in [0.3, 0.4) is 0 Å². The Kier molecular flexibility index (Phi) is 3.98. The predicted octanol–water partition coefficient (Wildman–Crippen LogP) is 3.48. The molecule has 23 heavy (non-hydrogen) atoms. The van der Waals surface area contributed by atoms with E-state index in [0.29, 0.717) is 5.56 Å². The maximum absolute atomic E-state index is 12.2. The van der Waals surface area contributed by atoms with Crippen LogP contribution in [0.25, 0.3) is 0 Å². The van der Waals surface area contributed by atoms with E-state index in [1.807, 2.05) is 24.3 Å². The van der Waals surface area contributed by atoms with Gasteiger partial charge in [0.2, 0.25) is 0 Å². The molecule has 2 aromatic rings. The van der Waals surface area contributed by atoms with E-state index in [4.69, 9.17) is 0 Å². The maximum atomic E-state index is 12.2. The Morgan fingerprint density at radius 1 is 1.00 bits per heavy atom. The van der Waals surface area contributed by atoms with Gasteiger partial charge >= 0.3 is 6.36 Å². The van der Waals surface area contributed by atoms with Crippen LogP contribution in [0.5, 0.6) is 5.75 Å². The van der Waals surface area contributed by atoms with Crippen LogP contribution in [-0.4, -0.2) is 18.3 Å². The van der Waals surface area contributed by atoms with E-state index in [1.165, 1.54) is 23.3 Å². The Morgan fingerprint density at radius 3 is 2.09 bits per heavy atom. The highest BCUT2D eigenvalue weighted by atomic mass is 19.4. The minimum atomic E-state index is -4.74. The highest BCUT2D eigenvalue weighted by Gasteiger charge is 2.31. The van der Waals surface area contributed by atoms with Gasteiger partial charge < -0.3 is 10.1 Å². The van der Waals surface area contributed by atoms with Crippen molar-refractivity contribution in [2.45, 2.75) is 25.2 Å². The van der Waals surface area contributed by atoms with Gasteiger partial charge in [0.15, 0.2) is 0 Å². The van der Waals surface area contributed by atoms with Crippen LogP contribution < -0.4 is 10.1 Å². The minimum absolute atomic E-state index is 0.00556. The van der Waals surface area contributed by atoms with Gasteiger partial charge in [-0.3, -0.25) is 4.79 Å². The molecule has 2 aromatic carbocycles. The Balaban J connectivity index is 1.61. The van der Waals surface area contributed by atoms with Gasteiger partial charge in [-0.15, -0.1) is 13.2 Å². The van der Waals surface area contributed by atoms with E-state index in [2.05, 4.69) is 10.1 Å². The van der Waals surface area contributed by atoms with E-state index in [1.54, 1.807) is 0 Å². The zero-order chi connectivity index (χ0) is 16.4. The second kappa shape index (κ2) is 5.95. The monoisotopic (exact) mass is 321 g/mol. The summed E-state index contributed by atoms with van der Waals surface area (Å²) in [4.78, 5) is 12.2. The molecular formula is C17H14F3NO2. The number of carbonyl (C=O) groups excluding carboxylic acids is 1. The largest absolute Gasteiger partial charge is 0.573 e. The first-order valence-electron chi connectivity index (χ1n) is 7.14. The summed E-state index contributed by atoms with van der Waals surface area (Å²) >= 11 is 0. The molecule has 0 saturated heterocycles. The molecule has 0 aromatic heterocycles. The lowest BCUT2D eigenvalue weighted by molar-refractivity contribution is -0.274. The highest BCUT2D eigenvalue weighted by molar-refractivity contribution is 5.94. The average Bonchev–Trinajstić information content (AvgIpc) is 2.88. The van der Waals surface area contributed by atoms with Gasteiger partial charge in [-0.25, -0.2) is 0 Å². The molecule has 0 unspecified atom stereocenters. The van der Waals surface area contributed by atoms with Crippen molar-refractivity contribution in [2.75, 3.05) is 0 Å². The average molecular weight is 321 g/mol. The molecular weight excluding hydrogens is 307 g/mol. The lowest BCUT2D eigenvalue weighted by atomic mass is 10.1. The van der Waals surface area contributed by atoms with Crippen molar-refractivity contribution in [3.05, 3.63) is 65.2 Å². The first-order valence-corrected chi connectivity index (χ1v) is 7.14. The number of benzene rings is 2. The van der Waals surface area contributed by atoms with Crippen molar-refractivity contribution >= 4 is 5.91 Å². The lowest BCUT2D eigenvalue weighted by Crippen LogP contribution is -2.35. The SMILES string of the molecule is O=C(NC1Cc2ccccc2C1)c1ccc(OC(F)(F)F)cc1. The number of hydrogen-bond donors (Lipinski definition) is 1. The van der Waals surface area contributed by atoms with E-state index in [0.717, 1.165) is 25.0 Å². The molecule has 0 aliphatic heterocycles. The van der Waals surface area contributed by atoms with Crippen LogP contribution >= 0.6 is 0 Å². The zero-order valence-electron chi connectivity index (χ0n) is 12.1. The molecule has 0 bridgehead atoms. The van der Waals surface area contributed by atoms with Crippen LogP contribution in [0.2, 0.25) is 0 Å². The van der Waals surface area contributed by atoms with Crippen molar-refractivity contribution in [1.82, 2.24) is 5.32 Å². The third kappa shape index (κ3) is 3.83. The molecule has 6 heteroatoms. The topological polar surface area (TPSA) is 38.3 Å². The molecule has 1 amide bonds. The molecule has 1 N–H and O–H groups in total. The summed E-state index contributed by atoms with van der Waals surface area (Å²) in [6.45, 7) is 0.